The minimum atomic E-state index is -3.59. The Bertz CT molecular complexity index is 635. The Morgan fingerprint density at radius 1 is 1.17 bits per heavy atom. The Kier molecular flexibility index (Phi) is 3.91. The average Bonchev–Trinajstić information content (AvgIpc) is 2.77. The smallest absolute Gasteiger partial charge is 0.271 e. The van der Waals surface area contributed by atoms with E-state index in [9.17, 15) is 8.42 Å². The number of sulfonamides is 1. The molecule has 96 valence electrons. The fraction of sp³-hybridized carbons (Fsp3) is 0.0909. The molecule has 1 aromatic carbocycles. The SMILES string of the molecule is O=S(=O)(Nc1ccc(CO)cc1)c1ccc(Cl)s1. The van der Waals surface area contributed by atoms with Crippen molar-refractivity contribution in [2.45, 2.75) is 10.8 Å². The standard InChI is InChI=1S/C11H10ClNO3S2/c12-10-5-6-11(17-10)18(15,16)13-9-3-1-8(7-14)2-4-9/h1-6,13-14H,7H2. The molecule has 2 aromatic rings. The van der Waals surface area contributed by atoms with E-state index in [-0.39, 0.29) is 10.8 Å². The van der Waals surface area contributed by atoms with Crippen molar-refractivity contribution in [3.05, 3.63) is 46.3 Å². The van der Waals surface area contributed by atoms with Crippen LogP contribution < -0.4 is 4.72 Å². The molecule has 0 radical (unpaired) electrons. The van der Waals surface area contributed by atoms with Crippen molar-refractivity contribution in [1.82, 2.24) is 0 Å². The third-order valence-electron chi connectivity index (χ3n) is 2.20. The number of anilines is 1. The van der Waals surface area contributed by atoms with E-state index in [1.54, 1.807) is 24.3 Å². The molecule has 0 saturated heterocycles. The van der Waals surface area contributed by atoms with Crippen molar-refractivity contribution in [3.8, 4) is 0 Å². The number of hydrogen-bond donors (Lipinski definition) is 2. The zero-order chi connectivity index (χ0) is 13.2. The van der Waals surface area contributed by atoms with Crippen LogP contribution in [0.15, 0.2) is 40.6 Å². The van der Waals surface area contributed by atoms with Gasteiger partial charge in [0.1, 0.15) is 4.21 Å². The molecule has 2 N–H and O–H groups in total. The number of hydrogen-bond acceptors (Lipinski definition) is 4. The zero-order valence-corrected chi connectivity index (χ0v) is 11.5. The molecule has 2 rings (SSSR count). The van der Waals surface area contributed by atoms with Gasteiger partial charge in [0.15, 0.2) is 0 Å². The second-order valence-electron chi connectivity index (χ2n) is 3.52. The summed E-state index contributed by atoms with van der Waals surface area (Å²) in [7, 11) is -3.59. The van der Waals surface area contributed by atoms with Crippen LogP contribution in [-0.4, -0.2) is 13.5 Å². The van der Waals surface area contributed by atoms with Crippen molar-refractivity contribution >= 4 is 38.6 Å². The fourth-order valence-electron chi connectivity index (χ4n) is 1.33. The van der Waals surface area contributed by atoms with Gasteiger partial charge in [-0.15, -0.1) is 11.3 Å². The lowest BCUT2D eigenvalue weighted by Gasteiger charge is -2.06. The molecule has 0 spiro atoms. The van der Waals surface area contributed by atoms with Crippen LogP contribution in [0.1, 0.15) is 5.56 Å². The largest absolute Gasteiger partial charge is 0.392 e. The van der Waals surface area contributed by atoms with Gasteiger partial charge in [-0.3, -0.25) is 4.72 Å². The van der Waals surface area contributed by atoms with Crippen LogP contribution in [0.5, 0.6) is 0 Å². The molecule has 0 amide bonds. The van der Waals surface area contributed by atoms with Gasteiger partial charge in [-0.05, 0) is 29.8 Å². The van der Waals surface area contributed by atoms with E-state index in [2.05, 4.69) is 4.72 Å². The van der Waals surface area contributed by atoms with Gasteiger partial charge in [-0.1, -0.05) is 23.7 Å². The lowest BCUT2D eigenvalue weighted by atomic mass is 10.2. The maximum absolute atomic E-state index is 12.0. The molecular weight excluding hydrogens is 294 g/mol. The average molecular weight is 304 g/mol. The Hall–Kier alpha value is -1.08. The molecule has 7 heteroatoms. The van der Waals surface area contributed by atoms with Gasteiger partial charge in [0.2, 0.25) is 0 Å². The van der Waals surface area contributed by atoms with Gasteiger partial charge >= 0.3 is 0 Å². The van der Waals surface area contributed by atoms with E-state index < -0.39 is 10.0 Å². The molecule has 0 saturated carbocycles. The summed E-state index contributed by atoms with van der Waals surface area (Å²) in [5.41, 5.74) is 1.16. The third kappa shape index (κ3) is 3.02. The highest BCUT2D eigenvalue weighted by Crippen LogP contribution is 2.27. The van der Waals surface area contributed by atoms with Crippen molar-refractivity contribution in [2.24, 2.45) is 0 Å². The van der Waals surface area contributed by atoms with Crippen molar-refractivity contribution in [2.75, 3.05) is 4.72 Å². The summed E-state index contributed by atoms with van der Waals surface area (Å²) in [5.74, 6) is 0. The minimum absolute atomic E-state index is 0.0758. The molecule has 0 aliphatic carbocycles. The molecule has 18 heavy (non-hydrogen) atoms. The van der Waals surface area contributed by atoms with Crippen LogP contribution >= 0.6 is 22.9 Å². The molecule has 0 aliphatic heterocycles. The minimum Gasteiger partial charge on any atom is -0.392 e. The first-order valence-electron chi connectivity index (χ1n) is 4.99. The number of halogens is 1. The third-order valence-corrected chi connectivity index (χ3v) is 5.31. The van der Waals surface area contributed by atoms with Gasteiger partial charge in [0.25, 0.3) is 10.0 Å². The Morgan fingerprint density at radius 3 is 2.33 bits per heavy atom. The van der Waals surface area contributed by atoms with Crippen molar-refractivity contribution in [1.29, 1.82) is 0 Å². The van der Waals surface area contributed by atoms with Crippen molar-refractivity contribution < 1.29 is 13.5 Å². The molecule has 4 nitrogen and oxygen atoms in total. The normalized spacial score (nSPS) is 11.4. The first-order valence-corrected chi connectivity index (χ1v) is 7.67. The highest BCUT2D eigenvalue weighted by molar-refractivity contribution is 7.94. The Balaban J connectivity index is 2.22. The number of benzene rings is 1. The maximum atomic E-state index is 12.0. The van der Waals surface area contributed by atoms with Crippen LogP contribution in [-0.2, 0) is 16.6 Å². The molecule has 1 aromatic heterocycles. The van der Waals surface area contributed by atoms with Crippen LogP contribution in [0.25, 0.3) is 0 Å². The van der Waals surface area contributed by atoms with Gasteiger partial charge in [0, 0.05) is 5.69 Å². The van der Waals surface area contributed by atoms with E-state index in [4.69, 9.17) is 16.7 Å². The molecule has 0 aliphatic rings. The lowest BCUT2D eigenvalue weighted by molar-refractivity contribution is 0.282. The zero-order valence-electron chi connectivity index (χ0n) is 9.13. The Labute approximate surface area is 114 Å². The second-order valence-corrected chi connectivity index (χ2v) is 7.14. The summed E-state index contributed by atoms with van der Waals surface area (Å²) < 4.78 is 27.0. The summed E-state index contributed by atoms with van der Waals surface area (Å²) in [6.07, 6.45) is 0. The van der Waals surface area contributed by atoms with Gasteiger partial charge in [-0.2, -0.15) is 0 Å². The molecule has 0 atom stereocenters. The number of thiophene rings is 1. The van der Waals surface area contributed by atoms with Gasteiger partial charge < -0.3 is 5.11 Å². The first kappa shape index (κ1) is 13.4. The fourth-order valence-corrected chi connectivity index (χ4v) is 3.87. The Morgan fingerprint density at radius 2 is 1.83 bits per heavy atom. The van der Waals surface area contributed by atoms with Crippen molar-refractivity contribution in [3.63, 3.8) is 0 Å². The highest BCUT2D eigenvalue weighted by Gasteiger charge is 2.16. The van der Waals surface area contributed by atoms with E-state index >= 15 is 0 Å². The monoisotopic (exact) mass is 303 g/mol. The van der Waals surface area contributed by atoms with Crippen LogP contribution in [0.4, 0.5) is 5.69 Å². The predicted molar refractivity (Wildman–Crippen MR) is 72.5 cm³/mol. The van der Waals surface area contributed by atoms with E-state index in [1.165, 1.54) is 12.1 Å². The summed E-state index contributed by atoms with van der Waals surface area (Å²) >= 11 is 6.70. The van der Waals surface area contributed by atoms with Crippen LogP contribution in [0.2, 0.25) is 4.34 Å². The molecule has 0 bridgehead atoms. The van der Waals surface area contributed by atoms with E-state index in [1.807, 2.05) is 0 Å². The highest BCUT2D eigenvalue weighted by atomic mass is 35.5. The molecule has 1 heterocycles. The number of rotatable bonds is 4. The first-order chi connectivity index (χ1) is 8.51. The van der Waals surface area contributed by atoms with Gasteiger partial charge in [0.05, 0.1) is 10.9 Å². The molecule has 0 unspecified atom stereocenters. The van der Waals surface area contributed by atoms with E-state index in [0.29, 0.717) is 10.0 Å². The number of aliphatic hydroxyl groups excluding tert-OH is 1. The lowest BCUT2D eigenvalue weighted by Crippen LogP contribution is -2.11. The quantitative estimate of drug-likeness (QED) is 0.912. The number of nitrogens with one attached hydrogen (secondary N) is 1. The summed E-state index contributed by atoms with van der Waals surface area (Å²) in [6.45, 7) is -0.0758. The topological polar surface area (TPSA) is 66.4 Å². The van der Waals surface area contributed by atoms with E-state index in [0.717, 1.165) is 16.9 Å². The van der Waals surface area contributed by atoms with Gasteiger partial charge in [-0.25, -0.2) is 8.42 Å². The van der Waals surface area contributed by atoms with Crippen LogP contribution in [0, 0.1) is 0 Å². The maximum Gasteiger partial charge on any atom is 0.271 e. The van der Waals surface area contributed by atoms with Crippen LogP contribution in [0.3, 0.4) is 0 Å². The molecule has 0 fully saturated rings. The molecular formula is C11H10ClNO3S2. The predicted octanol–water partition coefficient (Wildman–Crippen LogP) is 2.69. The second kappa shape index (κ2) is 5.27. The summed E-state index contributed by atoms with van der Waals surface area (Å²) in [5, 5.41) is 8.89. The summed E-state index contributed by atoms with van der Waals surface area (Å²) in [6, 6.07) is 9.49. The summed E-state index contributed by atoms with van der Waals surface area (Å²) in [4.78, 5) is 0. The number of aliphatic hydroxyl groups is 1.